The minimum absolute atomic E-state index is 0.0108. The van der Waals surface area contributed by atoms with Crippen LogP contribution in [0.4, 0.5) is 0 Å². The molecule has 1 rings (SSSR count). The number of nitrogens with one attached hydrogen (secondary N) is 1. The van der Waals surface area contributed by atoms with E-state index in [4.69, 9.17) is 5.73 Å². The van der Waals surface area contributed by atoms with Gasteiger partial charge in [0.05, 0.1) is 6.04 Å². The van der Waals surface area contributed by atoms with E-state index in [1.807, 2.05) is 0 Å². The normalized spacial score (nSPS) is 20.1. The lowest BCUT2D eigenvalue weighted by Gasteiger charge is -2.29. The largest absolute Gasteiger partial charge is 0.355 e. The van der Waals surface area contributed by atoms with Gasteiger partial charge in [-0.25, -0.2) is 0 Å². The molecule has 1 amide bonds. The molecule has 1 aliphatic rings. The van der Waals surface area contributed by atoms with Crippen LogP contribution in [0.1, 0.15) is 39.5 Å². The van der Waals surface area contributed by atoms with E-state index in [0.717, 1.165) is 25.3 Å². The van der Waals surface area contributed by atoms with Crippen molar-refractivity contribution in [1.82, 2.24) is 10.2 Å². The summed E-state index contributed by atoms with van der Waals surface area (Å²) in [5.41, 5.74) is 5.84. The van der Waals surface area contributed by atoms with Gasteiger partial charge in [-0.15, -0.1) is 0 Å². The second kappa shape index (κ2) is 7.74. The van der Waals surface area contributed by atoms with Crippen LogP contribution in [0.2, 0.25) is 0 Å². The van der Waals surface area contributed by atoms with Gasteiger partial charge in [-0.05, 0) is 57.7 Å². The van der Waals surface area contributed by atoms with Crippen LogP contribution in [-0.2, 0) is 4.79 Å². The van der Waals surface area contributed by atoms with Crippen LogP contribution in [-0.4, -0.2) is 43.5 Å². The van der Waals surface area contributed by atoms with E-state index >= 15 is 0 Å². The first kappa shape index (κ1) is 15.4. The highest BCUT2D eigenvalue weighted by atomic mass is 16.2. The number of carbonyl (C=O) groups is 1. The van der Waals surface area contributed by atoms with Gasteiger partial charge >= 0.3 is 0 Å². The summed E-state index contributed by atoms with van der Waals surface area (Å²) < 4.78 is 0. The fourth-order valence-corrected chi connectivity index (χ4v) is 2.50. The summed E-state index contributed by atoms with van der Waals surface area (Å²) in [4.78, 5) is 14.1. The standard InChI is InChI=1S/C14H29N3O/c1-11(2)10-13(15)14(18)16-7-4-12-5-8-17(3)9-6-12/h11-13H,4-10,15H2,1-3H3,(H,16,18). The zero-order chi connectivity index (χ0) is 13.5. The Kier molecular flexibility index (Phi) is 6.65. The summed E-state index contributed by atoms with van der Waals surface area (Å²) in [6, 6.07) is -0.345. The predicted octanol–water partition coefficient (Wildman–Crippen LogP) is 1.21. The van der Waals surface area contributed by atoms with E-state index in [1.54, 1.807) is 0 Å². The van der Waals surface area contributed by atoms with Crippen molar-refractivity contribution in [1.29, 1.82) is 0 Å². The second-order valence-electron chi connectivity index (χ2n) is 6.06. The van der Waals surface area contributed by atoms with E-state index < -0.39 is 0 Å². The first-order valence-corrected chi connectivity index (χ1v) is 7.21. The minimum atomic E-state index is -0.345. The highest BCUT2D eigenvalue weighted by Gasteiger charge is 2.18. The lowest BCUT2D eigenvalue weighted by atomic mass is 9.94. The maximum atomic E-state index is 11.7. The van der Waals surface area contributed by atoms with Crippen molar-refractivity contribution in [2.45, 2.75) is 45.6 Å². The third-order valence-electron chi connectivity index (χ3n) is 3.75. The minimum Gasteiger partial charge on any atom is -0.355 e. The summed E-state index contributed by atoms with van der Waals surface area (Å²) in [5, 5.41) is 2.97. The van der Waals surface area contributed by atoms with Crippen molar-refractivity contribution < 1.29 is 4.79 Å². The third-order valence-corrected chi connectivity index (χ3v) is 3.75. The number of nitrogens with zero attached hydrogens (tertiary/aromatic N) is 1. The molecule has 0 aromatic carbocycles. The first-order chi connectivity index (χ1) is 8.49. The van der Waals surface area contributed by atoms with Crippen LogP contribution >= 0.6 is 0 Å². The zero-order valence-corrected chi connectivity index (χ0v) is 12.1. The molecule has 1 saturated heterocycles. The Morgan fingerprint density at radius 2 is 2.00 bits per heavy atom. The van der Waals surface area contributed by atoms with Gasteiger partial charge in [0, 0.05) is 6.54 Å². The monoisotopic (exact) mass is 255 g/mol. The van der Waals surface area contributed by atoms with Crippen LogP contribution in [0.25, 0.3) is 0 Å². The van der Waals surface area contributed by atoms with E-state index in [-0.39, 0.29) is 11.9 Å². The number of amides is 1. The third kappa shape index (κ3) is 5.83. The predicted molar refractivity (Wildman–Crippen MR) is 75.3 cm³/mol. The van der Waals surface area contributed by atoms with Crippen molar-refractivity contribution in [3.63, 3.8) is 0 Å². The molecule has 4 nitrogen and oxygen atoms in total. The molecule has 0 aliphatic carbocycles. The number of piperidine rings is 1. The van der Waals surface area contributed by atoms with Gasteiger partial charge in [0.2, 0.25) is 5.91 Å². The maximum absolute atomic E-state index is 11.7. The fourth-order valence-electron chi connectivity index (χ4n) is 2.50. The molecule has 4 heteroatoms. The van der Waals surface area contributed by atoms with Crippen LogP contribution < -0.4 is 11.1 Å². The topological polar surface area (TPSA) is 58.4 Å². The molecule has 1 atom stereocenters. The molecule has 0 bridgehead atoms. The number of nitrogens with two attached hydrogens (primary N) is 1. The Balaban J connectivity index is 2.11. The van der Waals surface area contributed by atoms with E-state index in [1.165, 1.54) is 25.9 Å². The van der Waals surface area contributed by atoms with E-state index in [9.17, 15) is 4.79 Å². The second-order valence-corrected chi connectivity index (χ2v) is 6.06. The first-order valence-electron chi connectivity index (χ1n) is 7.21. The molecule has 0 saturated carbocycles. The summed E-state index contributed by atoms with van der Waals surface area (Å²) >= 11 is 0. The Bertz CT molecular complexity index is 247. The number of hydrogen-bond donors (Lipinski definition) is 2. The van der Waals surface area contributed by atoms with Gasteiger partial charge in [-0.2, -0.15) is 0 Å². The van der Waals surface area contributed by atoms with Crippen LogP contribution in [0.15, 0.2) is 0 Å². The Labute approximate surface area is 111 Å². The van der Waals surface area contributed by atoms with Crippen molar-refractivity contribution >= 4 is 5.91 Å². The summed E-state index contributed by atoms with van der Waals surface area (Å²) in [7, 11) is 2.17. The van der Waals surface area contributed by atoms with Crippen molar-refractivity contribution in [3.05, 3.63) is 0 Å². The maximum Gasteiger partial charge on any atom is 0.236 e. The lowest BCUT2D eigenvalue weighted by molar-refractivity contribution is -0.122. The van der Waals surface area contributed by atoms with Gasteiger partial charge in [-0.1, -0.05) is 13.8 Å². The molecule has 0 radical (unpaired) electrons. The number of carbonyl (C=O) groups excluding carboxylic acids is 1. The Morgan fingerprint density at radius 1 is 1.39 bits per heavy atom. The van der Waals surface area contributed by atoms with Crippen molar-refractivity contribution in [2.24, 2.45) is 17.6 Å². The van der Waals surface area contributed by atoms with Crippen LogP contribution in [0.5, 0.6) is 0 Å². The smallest absolute Gasteiger partial charge is 0.236 e. The SMILES string of the molecule is CC(C)CC(N)C(=O)NCCC1CCN(C)CC1. The van der Waals surface area contributed by atoms with E-state index in [2.05, 4.69) is 31.1 Å². The highest BCUT2D eigenvalue weighted by molar-refractivity contribution is 5.81. The summed E-state index contributed by atoms with van der Waals surface area (Å²) in [5.74, 6) is 1.25. The molecular formula is C14H29N3O. The van der Waals surface area contributed by atoms with E-state index in [0.29, 0.717) is 5.92 Å². The van der Waals surface area contributed by atoms with Gasteiger partial charge in [0.1, 0.15) is 0 Å². The average Bonchev–Trinajstić information content (AvgIpc) is 2.30. The number of rotatable bonds is 6. The van der Waals surface area contributed by atoms with Gasteiger partial charge in [0.15, 0.2) is 0 Å². The summed E-state index contributed by atoms with van der Waals surface area (Å²) in [6.45, 7) is 7.33. The van der Waals surface area contributed by atoms with Gasteiger partial charge in [0.25, 0.3) is 0 Å². The number of likely N-dealkylation sites (tertiary alicyclic amines) is 1. The van der Waals surface area contributed by atoms with Crippen molar-refractivity contribution in [2.75, 3.05) is 26.7 Å². The molecule has 0 aromatic heterocycles. The van der Waals surface area contributed by atoms with Crippen LogP contribution in [0, 0.1) is 11.8 Å². The molecule has 0 spiro atoms. The van der Waals surface area contributed by atoms with Gasteiger partial charge < -0.3 is 16.0 Å². The van der Waals surface area contributed by atoms with Crippen molar-refractivity contribution in [3.8, 4) is 0 Å². The Hall–Kier alpha value is -0.610. The molecule has 106 valence electrons. The van der Waals surface area contributed by atoms with Crippen LogP contribution in [0.3, 0.4) is 0 Å². The molecule has 1 fully saturated rings. The quantitative estimate of drug-likeness (QED) is 0.750. The molecule has 1 aliphatic heterocycles. The highest BCUT2D eigenvalue weighted by Crippen LogP contribution is 2.18. The van der Waals surface area contributed by atoms with Gasteiger partial charge in [-0.3, -0.25) is 4.79 Å². The number of hydrogen-bond acceptors (Lipinski definition) is 3. The Morgan fingerprint density at radius 3 is 2.56 bits per heavy atom. The molecule has 1 unspecified atom stereocenters. The summed E-state index contributed by atoms with van der Waals surface area (Å²) in [6.07, 6.45) is 4.36. The zero-order valence-electron chi connectivity index (χ0n) is 12.1. The molecule has 1 heterocycles. The lowest BCUT2D eigenvalue weighted by Crippen LogP contribution is -2.42. The molecule has 18 heavy (non-hydrogen) atoms. The molecule has 0 aromatic rings. The average molecular weight is 255 g/mol. The fraction of sp³-hybridized carbons (Fsp3) is 0.929. The molecular weight excluding hydrogens is 226 g/mol. The molecule has 3 N–H and O–H groups in total.